The smallest absolute Gasteiger partial charge is 0.143 e. The SMILES string of the molecule is COc1ccc(CNc2ccc(C#N)cc2OC)c(F)c1. The lowest BCUT2D eigenvalue weighted by atomic mass is 10.1. The van der Waals surface area contributed by atoms with Crippen LogP contribution in [0.15, 0.2) is 36.4 Å². The Hall–Kier alpha value is -2.74. The van der Waals surface area contributed by atoms with E-state index >= 15 is 0 Å². The molecule has 0 bridgehead atoms. The van der Waals surface area contributed by atoms with Crippen molar-refractivity contribution in [3.63, 3.8) is 0 Å². The van der Waals surface area contributed by atoms with Crippen molar-refractivity contribution >= 4 is 5.69 Å². The van der Waals surface area contributed by atoms with Crippen LogP contribution >= 0.6 is 0 Å². The molecule has 0 aliphatic carbocycles. The number of ether oxygens (including phenoxy) is 2. The first-order valence-corrected chi connectivity index (χ1v) is 6.32. The summed E-state index contributed by atoms with van der Waals surface area (Å²) in [5, 5.41) is 11.9. The third-order valence-corrected chi connectivity index (χ3v) is 3.06. The first-order chi connectivity index (χ1) is 10.2. The Morgan fingerprint density at radius 3 is 2.57 bits per heavy atom. The highest BCUT2D eigenvalue weighted by Crippen LogP contribution is 2.26. The van der Waals surface area contributed by atoms with Crippen LogP contribution in [0.2, 0.25) is 0 Å². The van der Waals surface area contributed by atoms with Gasteiger partial charge in [0.1, 0.15) is 17.3 Å². The number of rotatable bonds is 5. The van der Waals surface area contributed by atoms with Crippen molar-refractivity contribution in [3.8, 4) is 17.6 Å². The van der Waals surface area contributed by atoms with E-state index in [0.717, 1.165) is 0 Å². The second-order valence-electron chi connectivity index (χ2n) is 4.34. The Bertz CT molecular complexity index is 680. The largest absolute Gasteiger partial charge is 0.497 e. The highest BCUT2D eigenvalue weighted by atomic mass is 19.1. The third kappa shape index (κ3) is 3.42. The van der Waals surface area contributed by atoms with E-state index in [0.29, 0.717) is 34.9 Å². The molecule has 2 rings (SSSR count). The number of halogens is 1. The molecule has 0 amide bonds. The fourth-order valence-electron chi connectivity index (χ4n) is 1.90. The van der Waals surface area contributed by atoms with Gasteiger partial charge in [-0.2, -0.15) is 5.26 Å². The predicted octanol–water partition coefficient (Wildman–Crippen LogP) is 3.33. The molecule has 4 nitrogen and oxygen atoms in total. The average molecular weight is 286 g/mol. The van der Waals surface area contributed by atoms with Crippen LogP contribution in [0.5, 0.6) is 11.5 Å². The standard InChI is InChI=1S/C16H15FN2O2/c1-20-13-5-4-12(14(17)8-13)10-19-15-6-3-11(9-18)7-16(15)21-2/h3-8,19H,10H2,1-2H3. The lowest BCUT2D eigenvalue weighted by molar-refractivity contribution is 0.410. The molecule has 0 spiro atoms. The van der Waals surface area contributed by atoms with E-state index in [1.165, 1.54) is 20.3 Å². The molecule has 2 aromatic rings. The van der Waals surface area contributed by atoms with Gasteiger partial charge in [-0.25, -0.2) is 4.39 Å². The topological polar surface area (TPSA) is 54.3 Å². The minimum atomic E-state index is -0.338. The number of hydrogen-bond donors (Lipinski definition) is 1. The Morgan fingerprint density at radius 1 is 1.14 bits per heavy atom. The number of anilines is 1. The summed E-state index contributed by atoms with van der Waals surface area (Å²) in [7, 11) is 3.02. The molecule has 0 saturated carbocycles. The molecule has 0 fully saturated rings. The maximum atomic E-state index is 13.8. The molecule has 0 radical (unpaired) electrons. The molecule has 0 aliphatic heterocycles. The summed E-state index contributed by atoms with van der Waals surface area (Å²) >= 11 is 0. The number of benzene rings is 2. The lowest BCUT2D eigenvalue weighted by Gasteiger charge is -2.12. The number of hydrogen-bond acceptors (Lipinski definition) is 4. The van der Waals surface area contributed by atoms with Crippen LogP contribution in [0, 0.1) is 17.1 Å². The quantitative estimate of drug-likeness (QED) is 0.916. The Balaban J connectivity index is 2.15. The van der Waals surface area contributed by atoms with Crippen LogP contribution in [-0.2, 0) is 6.54 Å². The average Bonchev–Trinajstić information content (AvgIpc) is 2.53. The second kappa shape index (κ2) is 6.62. The maximum Gasteiger partial charge on any atom is 0.143 e. The molecule has 0 saturated heterocycles. The summed E-state index contributed by atoms with van der Waals surface area (Å²) in [6.07, 6.45) is 0. The van der Waals surface area contributed by atoms with Crippen LogP contribution < -0.4 is 14.8 Å². The van der Waals surface area contributed by atoms with E-state index in [1.54, 1.807) is 30.3 Å². The van der Waals surface area contributed by atoms with Crippen molar-refractivity contribution in [1.82, 2.24) is 0 Å². The number of nitrogens with zero attached hydrogens (tertiary/aromatic N) is 1. The van der Waals surface area contributed by atoms with Gasteiger partial charge in [0.15, 0.2) is 0 Å². The molecule has 0 atom stereocenters. The van der Waals surface area contributed by atoms with Crippen molar-refractivity contribution in [1.29, 1.82) is 5.26 Å². The monoisotopic (exact) mass is 286 g/mol. The Kier molecular flexibility index (Phi) is 4.62. The third-order valence-electron chi connectivity index (χ3n) is 3.06. The molecule has 0 unspecified atom stereocenters. The summed E-state index contributed by atoms with van der Waals surface area (Å²) in [6.45, 7) is 0.304. The fourth-order valence-corrected chi connectivity index (χ4v) is 1.90. The van der Waals surface area contributed by atoms with E-state index in [-0.39, 0.29) is 5.82 Å². The highest BCUT2D eigenvalue weighted by molar-refractivity contribution is 5.59. The van der Waals surface area contributed by atoms with Gasteiger partial charge in [0.25, 0.3) is 0 Å². The van der Waals surface area contributed by atoms with Gasteiger partial charge in [-0.1, -0.05) is 6.07 Å². The summed E-state index contributed by atoms with van der Waals surface area (Å²) in [4.78, 5) is 0. The van der Waals surface area contributed by atoms with Crippen LogP contribution in [0.1, 0.15) is 11.1 Å². The van der Waals surface area contributed by atoms with E-state index in [4.69, 9.17) is 14.7 Å². The van der Waals surface area contributed by atoms with E-state index in [9.17, 15) is 4.39 Å². The Labute approximate surface area is 122 Å². The van der Waals surface area contributed by atoms with Crippen LogP contribution in [0.3, 0.4) is 0 Å². The van der Waals surface area contributed by atoms with E-state index in [1.807, 2.05) is 6.07 Å². The molecular formula is C16H15FN2O2. The zero-order valence-electron chi connectivity index (χ0n) is 11.8. The van der Waals surface area contributed by atoms with Crippen LogP contribution in [0.4, 0.5) is 10.1 Å². The summed E-state index contributed by atoms with van der Waals surface area (Å²) in [6, 6.07) is 11.8. The summed E-state index contributed by atoms with van der Waals surface area (Å²) < 4.78 is 24.0. The van der Waals surface area contributed by atoms with Gasteiger partial charge in [0, 0.05) is 24.2 Å². The molecule has 21 heavy (non-hydrogen) atoms. The molecule has 0 heterocycles. The van der Waals surface area contributed by atoms with Gasteiger partial charge in [0.2, 0.25) is 0 Å². The number of methoxy groups -OCH3 is 2. The molecule has 0 aliphatic rings. The maximum absolute atomic E-state index is 13.8. The van der Waals surface area contributed by atoms with Gasteiger partial charge in [0.05, 0.1) is 31.5 Å². The van der Waals surface area contributed by atoms with Gasteiger partial charge in [-0.05, 0) is 18.2 Å². The van der Waals surface area contributed by atoms with Crippen molar-refractivity contribution < 1.29 is 13.9 Å². The first kappa shape index (κ1) is 14.7. The predicted molar refractivity (Wildman–Crippen MR) is 78.0 cm³/mol. The lowest BCUT2D eigenvalue weighted by Crippen LogP contribution is -2.03. The molecule has 0 aromatic heterocycles. The molecule has 1 N–H and O–H groups in total. The van der Waals surface area contributed by atoms with Gasteiger partial charge in [-0.15, -0.1) is 0 Å². The van der Waals surface area contributed by atoms with Crippen molar-refractivity contribution in [3.05, 3.63) is 53.3 Å². The van der Waals surface area contributed by atoms with E-state index in [2.05, 4.69) is 5.32 Å². The summed E-state index contributed by atoms with van der Waals surface area (Å²) in [5.74, 6) is 0.685. The normalized spacial score (nSPS) is 9.81. The molecule has 2 aromatic carbocycles. The zero-order chi connectivity index (χ0) is 15.2. The fraction of sp³-hybridized carbons (Fsp3) is 0.188. The summed E-state index contributed by atoms with van der Waals surface area (Å²) in [5.41, 5.74) is 1.72. The molecular weight excluding hydrogens is 271 g/mol. The number of nitriles is 1. The highest BCUT2D eigenvalue weighted by Gasteiger charge is 2.07. The van der Waals surface area contributed by atoms with Crippen LogP contribution in [-0.4, -0.2) is 14.2 Å². The second-order valence-corrected chi connectivity index (χ2v) is 4.34. The van der Waals surface area contributed by atoms with Gasteiger partial charge >= 0.3 is 0 Å². The van der Waals surface area contributed by atoms with Crippen molar-refractivity contribution in [2.45, 2.75) is 6.54 Å². The van der Waals surface area contributed by atoms with Gasteiger partial charge in [-0.3, -0.25) is 0 Å². The van der Waals surface area contributed by atoms with Crippen molar-refractivity contribution in [2.75, 3.05) is 19.5 Å². The van der Waals surface area contributed by atoms with Crippen molar-refractivity contribution in [2.24, 2.45) is 0 Å². The first-order valence-electron chi connectivity index (χ1n) is 6.32. The molecule has 5 heteroatoms. The number of nitrogens with one attached hydrogen (secondary N) is 1. The molecule has 108 valence electrons. The minimum absolute atomic E-state index is 0.304. The van der Waals surface area contributed by atoms with E-state index < -0.39 is 0 Å². The minimum Gasteiger partial charge on any atom is -0.497 e. The Morgan fingerprint density at radius 2 is 1.95 bits per heavy atom. The zero-order valence-corrected chi connectivity index (χ0v) is 11.8. The van der Waals surface area contributed by atoms with Crippen LogP contribution in [0.25, 0.3) is 0 Å². The van der Waals surface area contributed by atoms with Gasteiger partial charge < -0.3 is 14.8 Å².